The topological polar surface area (TPSA) is 119 Å². The summed E-state index contributed by atoms with van der Waals surface area (Å²) in [6.45, 7) is 8.37. The average molecular weight is 483 g/mol. The van der Waals surface area contributed by atoms with Crippen molar-refractivity contribution in [2.24, 2.45) is 5.92 Å². The molecule has 186 valence electrons. The van der Waals surface area contributed by atoms with E-state index in [1.807, 2.05) is 19.9 Å². The van der Waals surface area contributed by atoms with Gasteiger partial charge >= 0.3 is 5.97 Å². The molecule has 0 bridgehead atoms. The standard InChI is InChI=1S/C25H30N4O6/c1-6-33-25(32)17-7-9-29(10-8-17)21(30)13-28(5)24(31)19-12-20(18-11-14(2)34-16(18)4)26-23-22(19)15(3)27-35-23/h11-12,17H,6-10,13H2,1-5H3. The van der Waals surface area contributed by atoms with Gasteiger partial charge in [0.2, 0.25) is 5.91 Å². The fourth-order valence-electron chi connectivity index (χ4n) is 4.49. The first kappa shape index (κ1) is 24.4. The van der Waals surface area contributed by atoms with Crippen LogP contribution in [0.25, 0.3) is 22.4 Å². The lowest BCUT2D eigenvalue weighted by atomic mass is 9.97. The number of fused-ring (bicyclic) bond motifs is 1. The van der Waals surface area contributed by atoms with Crippen molar-refractivity contribution in [2.75, 3.05) is 33.3 Å². The number of esters is 1. The van der Waals surface area contributed by atoms with Crippen LogP contribution in [0.1, 0.15) is 47.3 Å². The van der Waals surface area contributed by atoms with Crippen molar-refractivity contribution < 1.29 is 28.1 Å². The van der Waals surface area contributed by atoms with E-state index in [-0.39, 0.29) is 36.0 Å². The number of furan rings is 1. The zero-order valence-electron chi connectivity index (χ0n) is 20.7. The second kappa shape index (κ2) is 9.89. The highest BCUT2D eigenvalue weighted by atomic mass is 16.5. The van der Waals surface area contributed by atoms with Crippen molar-refractivity contribution >= 4 is 28.9 Å². The number of aryl methyl sites for hydroxylation is 3. The summed E-state index contributed by atoms with van der Waals surface area (Å²) in [5.74, 6) is 0.508. The minimum absolute atomic E-state index is 0.0871. The molecule has 0 aliphatic carbocycles. The summed E-state index contributed by atoms with van der Waals surface area (Å²) in [5.41, 5.74) is 2.45. The van der Waals surface area contributed by atoms with E-state index in [0.29, 0.717) is 60.6 Å². The lowest BCUT2D eigenvalue weighted by molar-refractivity contribution is -0.151. The van der Waals surface area contributed by atoms with Crippen LogP contribution in [0, 0.1) is 26.7 Å². The van der Waals surface area contributed by atoms with Gasteiger partial charge in [0.25, 0.3) is 11.6 Å². The van der Waals surface area contributed by atoms with Crippen molar-refractivity contribution in [2.45, 2.75) is 40.5 Å². The highest BCUT2D eigenvalue weighted by Gasteiger charge is 2.30. The van der Waals surface area contributed by atoms with Gasteiger partial charge in [-0.2, -0.15) is 0 Å². The van der Waals surface area contributed by atoms with Crippen LogP contribution < -0.4 is 0 Å². The summed E-state index contributed by atoms with van der Waals surface area (Å²) >= 11 is 0. The molecule has 0 radical (unpaired) electrons. The molecule has 10 nitrogen and oxygen atoms in total. The Morgan fingerprint density at radius 1 is 1.17 bits per heavy atom. The third-order valence-corrected chi connectivity index (χ3v) is 6.35. The first-order valence-electron chi connectivity index (χ1n) is 11.7. The normalized spacial score (nSPS) is 14.4. The Bertz CT molecular complexity index is 1270. The van der Waals surface area contributed by atoms with E-state index in [1.165, 1.54) is 4.90 Å². The molecule has 1 fully saturated rings. The van der Waals surface area contributed by atoms with Gasteiger partial charge < -0.3 is 23.5 Å². The third-order valence-electron chi connectivity index (χ3n) is 6.35. The largest absolute Gasteiger partial charge is 0.466 e. The van der Waals surface area contributed by atoms with Crippen LogP contribution in [-0.2, 0) is 14.3 Å². The molecule has 0 saturated carbocycles. The summed E-state index contributed by atoms with van der Waals surface area (Å²) in [7, 11) is 1.59. The molecule has 0 aromatic carbocycles. The van der Waals surface area contributed by atoms with Crippen molar-refractivity contribution in [1.82, 2.24) is 19.9 Å². The second-order valence-corrected chi connectivity index (χ2v) is 8.90. The molecular weight excluding hydrogens is 452 g/mol. The molecule has 10 heteroatoms. The van der Waals surface area contributed by atoms with Crippen LogP contribution in [0.3, 0.4) is 0 Å². The van der Waals surface area contributed by atoms with E-state index in [2.05, 4.69) is 10.1 Å². The number of pyridine rings is 1. The Hall–Kier alpha value is -3.69. The van der Waals surface area contributed by atoms with Crippen LogP contribution in [0.5, 0.6) is 0 Å². The van der Waals surface area contributed by atoms with Crippen molar-refractivity contribution in [3.63, 3.8) is 0 Å². The maximum atomic E-state index is 13.5. The Kier molecular flexibility index (Phi) is 6.90. The summed E-state index contributed by atoms with van der Waals surface area (Å²) in [6, 6.07) is 3.55. The van der Waals surface area contributed by atoms with Crippen LogP contribution in [0.15, 0.2) is 21.1 Å². The summed E-state index contributed by atoms with van der Waals surface area (Å²) in [6.07, 6.45) is 1.11. The number of aromatic nitrogens is 2. The Morgan fingerprint density at radius 2 is 1.89 bits per heavy atom. The smallest absolute Gasteiger partial charge is 0.309 e. The molecule has 0 atom stereocenters. The summed E-state index contributed by atoms with van der Waals surface area (Å²) in [4.78, 5) is 46.0. The Balaban J connectivity index is 1.52. The molecule has 3 aromatic heterocycles. The van der Waals surface area contributed by atoms with E-state index in [4.69, 9.17) is 13.7 Å². The van der Waals surface area contributed by atoms with Crippen LogP contribution in [0.2, 0.25) is 0 Å². The molecule has 0 spiro atoms. The van der Waals surface area contributed by atoms with Gasteiger partial charge in [0, 0.05) is 25.7 Å². The van der Waals surface area contributed by atoms with Gasteiger partial charge in [0.1, 0.15) is 11.5 Å². The molecule has 4 heterocycles. The van der Waals surface area contributed by atoms with Crippen molar-refractivity contribution in [1.29, 1.82) is 0 Å². The molecule has 4 rings (SSSR count). The minimum atomic E-state index is -0.336. The predicted octanol–water partition coefficient (Wildman–Crippen LogP) is 3.28. The van der Waals surface area contributed by atoms with Gasteiger partial charge in [-0.05, 0) is 52.7 Å². The molecule has 1 aliphatic heterocycles. The SMILES string of the molecule is CCOC(=O)C1CCN(C(=O)CN(C)C(=O)c2cc(-c3cc(C)oc3C)nc3onc(C)c23)CC1. The molecule has 1 aliphatic rings. The number of hydrogen-bond acceptors (Lipinski definition) is 8. The number of likely N-dealkylation sites (tertiary alicyclic amines) is 1. The molecule has 35 heavy (non-hydrogen) atoms. The number of ether oxygens (including phenoxy) is 1. The number of carbonyl (C=O) groups is 3. The number of likely N-dealkylation sites (N-methyl/N-ethyl adjacent to an activating group) is 1. The zero-order valence-corrected chi connectivity index (χ0v) is 20.7. The fraction of sp³-hybridized carbons (Fsp3) is 0.480. The zero-order chi connectivity index (χ0) is 25.3. The van der Waals surface area contributed by atoms with E-state index in [1.54, 1.807) is 31.9 Å². The quantitative estimate of drug-likeness (QED) is 0.491. The Labute approximate surface area is 203 Å². The molecule has 0 unspecified atom stereocenters. The predicted molar refractivity (Wildman–Crippen MR) is 127 cm³/mol. The number of piperidine rings is 1. The van der Waals surface area contributed by atoms with Gasteiger partial charge in [0.05, 0.1) is 41.4 Å². The first-order valence-corrected chi connectivity index (χ1v) is 11.7. The number of rotatable bonds is 6. The first-order chi connectivity index (χ1) is 16.7. The average Bonchev–Trinajstić information content (AvgIpc) is 3.38. The molecule has 2 amide bonds. The van der Waals surface area contributed by atoms with Gasteiger partial charge in [-0.3, -0.25) is 14.4 Å². The lowest BCUT2D eigenvalue weighted by Gasteiger charge is -2.32. The highest BCUT2D eigenvalue weighted by molar-refractivity contribution is 6.07. The summed E-state index contributed by atoms with van der Waals surface area (Å²) in [5, 5.41) is 4.50. The number of hydrogen-bond donors (Lipinski definition) is 0. The lowest BCUT2D eigenvalue weighted by Crippen LogP contribution is -2.45. The van der Waals surface area contributed by atoms with E-state index >= 15 is 0 Å². The Morgan fingerprint density at radius 3 is 2.51 bits per heavy atom. The van der Waals surface area contributed by atoms with Crippen LogP contribution in [-0.4, -0.2) is 71.0 Å². The second-order valence-electron chi connectivity index (χ2n) is 8.90. The van der Waals surface area contributed by atoms with E-state index < -0.39 is 0 Å². The molecule has 1 saturated heterocycles. The van der Waals surface area contributed by atoms with Crippen molar-refractivity contribution in [3.8, 4) is 11.3 Å². The van der Waals surface area contributed by atoms with Gasteiger partial charge in [0.15, 0.2) is 0 Å². The van der Waals surface area contributed by atoms with Gasteiger partial charge in [-0.25, -0.2) is 4.98 Å². The summed E-state index contributed by atoms with van der Waals surface area (Å²) < 4.78 is 16.1. The maximum Gasteiger partial charge on any atom is 0.309 e. The third kappa shape index (κ3) is 4.91. The monoisotopic (exact) mass is 482 g/mol. The molecule has 0 N–H and O–H groups in total. The molecular formula is C25H30N4O6. The van der Waals surface area contributed by atoms with Crippen molar-refractivity contribution in [3.05, 3.63) is 34.9 Å². The van der Waals surface area contributed by atoms with Gasteiger partial charge in [-0.1, -0.05) is 5.16 Å². The van der Waals surface area contributed by atoms with Crippen LogP contribution >= 0.6 is 0 Å². The minimum Gasteiger partial charge on any atom is -0.466 e. The van der Waals surface area contributed by atoms with Gasteiger partial charge in [-0.15, -0.1) is 0 Å². The van der Waals surface area contributed by atoms with E-state index in [9.17, 15) is 14.4 Å². The highest BCUT2D eigenvalue weighted by Crippen LogP contribution is 2.31. The number of amides is 2. The fourth-order valence-corrected chi connectivity index (χ4v) is 4.49. The number of nitrogens with zero attached hydrogens (tertiary/aromatic N) is 4. The number of carbonyl (C=O) groups excluding carboxylic acids is 3. The molecule has 3 aromatic rings. The maximum absolute atomic E-state index is 13.5. The van der Waals surface area contributed by atoms with Crippen LogP contribution in [0.4, 0.5) is 0 Å². The van der Waals surface area contributed by atoms with E-state index in [0.717, 1.165) is 11.3 Å².